The molecule has 1 rings (SSSR count). The molecule has 114 valence electrons. The monoisotopic (exact) mass is 281 g/mol. The summed E-state index contributed by atoms with van der Waals surface area (Å²) in [5, 5.41) is 0. The van der Waals surface area contributed by atoms with Gasteiger partial charge in [-0.1, -0.05) is 13.8 Å². The number of anilines is 2. The van der Waals surface area contributed by atoms with Crippen LogP contribution in [0, 0.1) is 5.92 Å². The number of nitrogens with zero attached hydrogens (tertiary/aromatic N) is 2. The topological polar surface area (TPSA) is 60.6 Å². The zero-order valence-corrected chi connectivity index (χ0v) is 13.2. The predicted molar refractivity (Wildman–Crippen MR) is 83.3 cm³/mol. The lowest BCUT2D eigenvalue weighted by atomic mass is 10.2. The molecule has 2 N–H and O–H groups in total. The maximum Gasteiger partial charge on any atom is 0.239 e. The molecule has 0 unspecified atom stereocenters. The first-order valence-electron chi connectivity index (χ1n) is 7.10. The molecule has 0 aliphatic carbocycles. The minimum Gasteiger partial charge on any atom is -0.476 e. The van der Waals surface area contributed by atoms with Crippen LogP contribution in [0.2, 0.25) is 0 Å². The van der Waals surface area contributed by atoms with Crippen LogP contribution >= 0.6 is 0 Å². The van der Waals surface area contributed by atoms with Crippen LogP contribution in [-0.2, 0) is 4.74 Å². The molecule has 0 aromatic carbocycles. The molecule has 1 aromatic rings. The van der Waals surface area contributed by atoms with Gasteiger partial charge < -0.3 is 20.1 Å². The zero-order chi connectivity index (χ0) is 15.1. The molecular formula is C15H27N3O2. The normalized spacial score (nSPS) is 11.2. The fourth-order valence-corrected chi connectivity index (χ4v) is 1.79. The number of methoxy groups -OCH3 is 1. The first-order chi connectivity index (χ1) is 9.45. The summed E-state index contributed by atoms with van der Waals surface area (Å²) >= 11 is 0. The van der Waals surface area contributed by atoms with E-state index in [-0.39, 0.29) is 0 Å². The molecule has 1 aromatic heterocycles. The highest BCUT2D eigenvalue weighted by molar-refractivity contribution is 5.54. The third-order valence-electron chi connectivity index (χ3n) is 2.88. The van der Waals surface area contributed by atoms with Gasteiger partial charge in [-0.25, -0.2) is 0 Å². The van der Waals surface area contributed by atoms with Gasteiger partial charge in [-0.05, 0) is 31.9 Å². The summed E-state index contributed by atoms with van der Waals surface area (Å²) in [7, 11) is 1.70. The lowest BCUT2D eigenvalue weighted by molar-refractivity contribution is 0.203. The maximum atomic E-state index is 5.92. The molecule has 0 saturated heterocycles. The van der Waals surface area contributed by atoms with Crippen molar-refractivity contribution in [2.24, 2.45) is 5.92 Å². The largest absolute Gasteiger partial charge is 0.476 e. The van der Waals surface area contributed by atoms with Gasteiger partial charge in [0, 0.05) is 19.7 Å². The van der Waals surface area contributed by atoms with E-state index in [0.717, 1.165) is 12.4 Å². The Labute approximate surface area is 122 Å². The van der Waals surface area contributed by atoms with E-state index in [1.807, 2.05) is 12.1 Å². The van der Waals surface area contributed by atoms with Gasteiger partial charge in [0.2, 0.25) is 5.88 Å². The van der Waals surface area contributed by atoms with Crippen LogP contribution in [-0.4, -0.2) is 37.9 Å². The van der Waals surface area contributed by atoms with E-state index in [4.69, 9.17) is 15.2 Å². The van der Waals surface area contributed by atoms with E-state index in [9.17, 15) is 0 Å². The lowest BCUT2D eigenvalue weighted by Gasteiger charge is -2.28. The average molecular weight is 281 g/mol. The first-order valence-corrected chi connectivity index (χ1v) is 7.10. The van der Waals surface area contributed by atoms with E-state index < -0.39 is 0 Å². The molecule has 0 fully saturated rings. The van der Waals surface area contributed by atoms with Crippen LogP contribution in [0.5, 0.6) is 5.88 Å². The van der Waals surface area contributed by atoms with Crippen LogP contribution < -0.4 is 15.4 Å². The Bertz CT molecular complexity index is 408. The van der Waals surface area contributed by atoms with Crippen molar-refractivity contribution in [1.29, 1.82) is 0 Å². The van der Waals surface area contributed by atoms with Crippen molar-refractivity contribution >= 4 is 11.5 Å². The fraction of sp³-hybridized carbons (Fsp3) is 0.667. The van der Waals surface area contributed by atoms with Crippen LogP contribution in [0.15, 0.2) is 12.1 Å². The molecule has 0 saturated carbocycles. The van der Waals surface area contributed by atoms with Crippen molar-refractivity contribution in [2.45, 2.75) is 33.7 Å². The molecule has 0 radical (unpaired) electrons. The molecule has 0 atom stereocenters. The van der Waals surface area contributed by atoms with Crippen LogP contribution in [0.4, 0.5) is 11.5 Å². The molecule has 5 nitrogen and oxygen atoms in total. The van der Waals surface area contributed by atoms with Crippen molar-refractivity contribution in [3.63, 3.8) is 0 Å². The Morgan fingerprint density at radius 3 is 2.50 bits per heavy atom. The van der Waals surface area contributed by atoms with Crippen molar-refractivity contribution in [3.8, 4) is 5.88 Å². The number of nitrogen functional groups attached to an aromatic ring is 1. The van der Waals surface area contributed by atoms with Gasteiger partial charge in [-0.3, -0.25) is 0 Å². The number of aromatic nitrogens is 1. The van der Waals surface area contributed by atoms with Gasteiger partial charge >= 0.3 is 0 Å². The van der Waals surface area contributed by atoms with Gasteiger partial charge in [0.05, 0.1) is 18.9 Å². The maximum absolute atomic E-state index is 5.92. The van der Waals surface area contributed by atoms with E-state index >= 15 is 0 Å². The number of pyridine rings is 1. The van der Waals surface area contributed by atoms with Crippen molar-refractivity contribution in [1.82, 2.24) is 4.98 Å². The summed E-state index contributed by atoms with van der Waals surface area (Å²) in [5.41, 5.74) is 6.50. The predicted octanol–water partition coefficient (Wildman–Crippen LogP) is 2.56. The zero-order valence-electron chi connectivity index (χ0n) is 13.2. The van der Waals surface area contributed by atoms with E-state index in [0.29, 0.717) is 36.7 Å². The lowest BCUT2D eigenvalue weighted by Crippen LogP contribution is -2.34. The fourth-order valence-electron chi connectivity index (χ4n) is 1.79. The molecule has 0 aliphatic heterocycles. The van der Waals surface area contributed by atoms with Gasteiger partial charge in [-0.15, -0.1) is 0 Å². The summed E-state index contributed by atoms with van der Waals surface area (Å²) in [6.07, 6.45) is 0. The van der Waals surface area contributed by atoms with E-state index in [1.54, 1.807) is 7.11 Å². The van der Waals surface area contributed by atoms with Crippen molar-refractivity contribution in [3.05, 3.63) is 12.1 Å². The minimum absolute atomic E-state index is 0.333. The Morgan fingerprint density at radius 2 is 1.95 bits per heavy atom. The number of ether oxygens (including phenoxy) is 2. The molecule has 0 spiro atoms. The van der Waals surface area contributed by atoms with E-state index in [1.165, 1.54) is 0 Å². The highest BCUT2D eigenvalue weighted by atomic mass is 16.5. The molecule has 5 heteroatoms. The molecule has 0 aliphatic rings. The summed E-state index contributed by atoms with van der Waals surface area (Å²) in [6.45, 7) is 10.5. The second-order valence-corrected chi connectivity index (χ2v) is 5.55. The Kier molecular flexibility index (Phi) is 6.58. The van der Waals surface area contributed by atoms with Crippen LogP contribution in [0.25, 0.3) is 0 Å². The van der Waals surface area contributed by atoms with Gasteiger partial charge in [-0.2, -0.15) is 4.98 Å². The van der Waals surface area contributed by atoms with Crippen LogP contribution in [0.3, 0.4) is 0 Å². The molecule has 1 heterocycles. The quantitative estimate of drug-likeness (QED) is 0.793. The third-order valence-corrected chi connectivity index (χ3v) is 2.88. The van der Waals surface area contributed by atoms with E-state index in [2.05, 4.69) is 37.6 Å². The van der Waals surface area contributed by atoms with Crippen molar-refractivity contribution in [2.75, 3.05) is 37.5 Å². The number of rotatable bonds is 8. The summed E-state index contributed by atoms with van der Waals surface area (Å²) < 4.78 is 10.8. The highest BCUT2D eigenvalue weighted by Crippen LogP contribution is 2.24. The Morgan fingerprint density at radius 1 is 1.25 bits per heavy atom. The van der Waals surface area contributed by atoms with Crippen LogP contribution in [0.1, 0.15) is 27.7 Å². The third kappa shape index (κ3) is 4.89. The SMILES string of the molecule is COCCN(c1ccc(N)c(OCC(C)C)n1)C(C)C. The highest BCUT2D eigenvalue weighted by Gasteiger charge is 2.14. The smallest absolute Gasteiger partial charge is 0.239 e. The first kappa shape index (κ1) is 16.6. The Hall–Kier alpha value is -1.49. The average Bonchev–Trinajstić information content (AvgIpc) is 2.38. The molecular weight excluding hydrogens is 254 g/mol. The second-order valence-electron chi connectivity index (χ2n) is 5.55. The van der Waals surface area contributed by atoms with Gasteiger partial charge in [0.1, 0.15) is 5.82 Å². The summed E-state index contributed by atoms with van der Waals surface area (Å²) in [6, 6.07) is 4.10. The number of hydrogen-bond donors (Lipinski definition) is 1. The second kappa shape index (κ2) is 7.94. The van der Waals surface area contributed by atoms with Gasteiger partial charge in [0.25, 0.3) is 0 Å². The van der Waals surface area contributed by atoms with Gasteiger partial charge in [0.15, 0.2) is 0 Å². The summed E-state index contributed by atoms with van der Waals surface area (Å²) in [4.78, 5) is 6.71. The molecule has 0 bridgehead atoms. The number of nitrogens with two attached hydrogens (primary N) is 1. The molecule has 20 heavy (non-hydrogen) atoms. The molecule has 0 amide bonds. The standard InChI is InChI=1S/C15H27N3O2/c1-11(2)10-20-15-13(16)6-7-14(17-15)18(12(3)4)8-9-19-5/h6-7,11-12H,8-10,16H2,1-5H3. The minimum atomic E-state index is 0.333. The number of hydrogen-bond acceptors (Lipinski definition) is 5. The van der Waals surface area contributed by atoms with Crippen molar-refractivity contribution < 1.29 is 9.47 Å². The Balaban J connectivity index is 2.90. The summed E-state index contributed by atoms with van der Waals surface area (Å²) in [5.74, 6) is 1.82.